The molecule has 4 rings (SSSR count). The van der Waals surface area contributed by atoms with Gasteiger partial charge in [0.25, 0.3) is 5.56 Å². The van der Waals surface area contributed by atoms with E-state index in [9.17, 15) is 9.59 Å². The number of hydrogen-bond donors (Lipinski definition) is 0. The third-order valence-electron chi connectivity index (χ3n) is 4.81. The van der Waals surface area contributed by atoms with Crippen LogP contribution in [0.2, 0.25) is 0 Å². The van der Waals surface area contributed by atoms with Crippen molar-refractivity contribution in [1.29, 1.82) is 0 Å². The Labute approximate surface area is 187 Å². The Morgan fingerprint density at radius 1 is 1.23 bits per heavy atom. The predicted octanol–water partition coefficient (Wildman–Crippen LogP) is 3.26. The predicted molar refractivity (Wildman–Crippen MR) is 122 cm³/mol. The summed E-state index contributed by atoms with van der Waals surface area (Å²) in [4.78, 5) is 32.4. The Kier molecular flexibility index (Phi) is 5.93. The van der Waals surface area contributed by atoms with Gasteiger partial charge < -0.3 is 9.47 Å². The molecule has 0 saturated carbocycles. The first-order valence-corrected chi connectivity index (χ1v) is 11.5. The SMILES string of the molecule is COc1ccc(/C=c2/sc3n(c2=O)[C@@H](c2cccs2)C(C(=O)OC(C)C)=C(C)N=3)cc1. The summed E-state index contributed by atoms with van der Waals surface area (Å²) in [7, 11) is 1.61. The van der Waals surface area contributed by atoms with E-state index in [1.807, 2.05) is 47.9 Å². The number of carbonyl (C=O) groups excluding carboxylic acids is 1. The first kappa shape index (κ1) is 21.3. The topological polar surface area (TPSA) is 69.9 Å². The molecule has 0 radical (unpaired) electrons. The number of benzene rings is 1. The van der Waals surface area contributed by atoms with E-state index in [1.165, 1.54) is 22.7 Å². The first-order chi connectivity index (χ1) is 14.9. The summed E-state index contributed by atoms with van der Waals surface area (Å²) in [5.41, 5.74) is 1.68. The van der Waals surface area contributed by atoms with Gasteiger partial charge in [-0.05, 0) is 56.0 Å². The van der Waals surface area contributed by atoms with Crippen LogP contribution in [0.3, 0.4) is 0 Å². The van der Waals surface area contributed by atoms with Gasteiger partial charge in [0.05, 0.1) is 29.0 Å². The van der Waals surface area contributed by atoms with Crippen LogP contribution >= 0.6 is 22.7 Å². The normalized spacial score (nSPS) is 16.3. The Hall–Kier alpha value is -2.97. The number of methoxy groups -OCH3 is 1. The third-order valence-corrected chi connectivity index (χ3v) is 6.72. The van der Waals surface area contributed by atoms with Gasteiger partial charge in [-0.2, -0.15) is 0 Å². The molecule has 6 nitrogen and oxygen atoms in total. The molecule has 0 amide bonds. The van der Waals surface area contributed by atoms with Crippen molar-refractivity contribution in [2.45, 2.75) is 32.9 Å². The third kappa shape index (κ3) is 4.13. The number of thiazole rings is 1. The molecule has 0 aliphatic carbocycles. The smallest absolute Gasteiger partial charge is 0.338 e. The Balaban J connectivity index is 1.88. The van der Waals surface area contributed by atoms with Crippen molar-refractivity contribution in [3.63, 3.8) is 0 Å². The van der Waals surface area contributed by atoms with Crippen molar-refractivity contribution in [2.24, 2.45) is 4.99 Å². The molecule has 1 aliphatic heterocycles. The van der Waals surface area contributed by atoms with E-state index < -0.39 is 12.0 Å². The van der Waals surface area contributed by atoms with Gasteiger partial charge in [0.2, 0.25) is 0 Å². The minimum absolute atomic E-state index is 0.180. The van der Waals surface area contributed by atoms with E-state index in [2.05, 4.69) is 4.99 Å². The van der Waals surface area contributed by atoms with Crippen LogP contribution in [0.1, 0.15) is 37.3 Å². The fourth-order valence-electron chi connectivity index (χ4n) is 3.43. The van der Waals surface area contributed by atoms with Gasteiger partial charge in [-0.15, -0.1) is 11.3 Å². The van der Waals surface area contributed by atoms with Crippen LogP contribution in [0, 0.1) is 0 Å². The minimum Gasteiger partial charge on any atom is -0.497 e. The molecule has 160 valence electrons. The van der Waals surface area contributed by atoms with Crippen LogP contribution in [0.5, 0.6) is 5.75 Å². The number of thiophene rings is 1. The first-order valence-electron chi connectivity index (χ1n) is 9.80. The van der Waals surface area contributed by atoms with E-state index in [4.69, 9.17) is 9.47 Å². The molecular formula is C23H22N2O4S2. The highest BCUT2D eigenvalue weighted by Crippen LogP contribution is 2.33. The summed E-state index contributed by atoms with van der Waals surface area (Å²) in [6.45, 7) is 5.40. The lowest BCUT2D eigenvalue weighted by atomic mass is 10.0. The van der Waals surface area contributed by atoms with Crippen molar-refractivity contribution in [2.75, 3.05) is 7.11 Å². The standard InChI is InChI=1S/C23H22N2O4S2/c1-13(2)29-22(27)19-14(3)24-23-25(20(19)17-6-5-11-30-17)21(26)18(31-23)12-15-7-9-16(28-4)10-8-15/h5-13,20H,1-4H3/b18-12+/t20-/m0/s1. The van der Waals surface area contributed by atoms with Gasteiger partial charge in [-0.3, -0.25) is 9.36 Å². The average molecular weight is 455 g/mol. The molecule has 1 atom stereocenters. The molecule has 8 heteroatoms. The van der Waals surface area contributed by atoms with Crippen LogP contribution in [-0.4, -0.2) is 23.8 Å². The molecule has 1 aliphatic rings. The van der Waals surface area contributed by atoms with E-state index in [0.29, 0.717) is 20.6 Å². The Morgan fingerprint density at radius 3 is 2.58 bits per heavy atom. The zero-order valence-corrected chi connectivity index (χ0v) is 19.3. The molecule has 0 spiro atoms. The lowest BCUT2D eigenvalue weighted by Crippen LogP contribution is -2.39. The number of hydrogen-bond acceptors (Lipinski definition) is 7. The van der Waals surface area contributed by atoms with Gasteiger partial charge >= 0.3 is 5.97 Å². The lowest BCUT2D eigenvalue weighted by molar-refractivity contribution is -0.143. The van der Waals surface area contributed by atoms with Crippen molar-refractivity contribution in [3.8, 4) is 5.75 Å². The van der Waals surface area contributed by atoms with E-state index >= 15 is 0 Å². The van der Waals surface area contributed by atoms with E-state index in [0.717, 1.165) is 16.2 Å². The Bertz CT molecular complexity index is 1310. The molecule has 0 unspecified atom stereocenters. The fraction of sp³-hybridized carbons (Fsp3) is 0.261. The van der Waals surface area contributed by atoms with Gasteiger partial charge in [0, 0.05) is 4.88 Å². The molecule has 3 heterocycles. The lowest BCUT2D eigenvalue weighted by Gasteiger charge is -2.24. The highest BCUT2D eigenvalue weighted by Gasteiger charge is 2.34. The monoisotopic (exact) mass is 454 g/mol. The number of allylic oxidation sites excluding steroid dienone is 1. The molecule has 0 N–H and O–H groups in total. The number of aromatic nitrogens is 1. The van der Waals surface area contributed by atoms with Crippen LogP contribution in [0.15, 0.2) is 62.8 Å². The van der Waals surface area contributed by atoms with Gasteiger partial charge in [0.1, 0.15) is 11.8 Å². The van der Waals surface area contributed by atoms with Crippen molar-refractivity contribution in [3.05, 3.63) is 83.2 Å². The summed E-state index contributed by atoms with van der Waals surface area (Å²) < 4.78 is 12.8. The molecule has 0 fully saturated rings. The summed E-state index contributed by atoms with van der Waals surface area (Å²) in [5, 5.41) is 1.93. The fourth-order valence-corrected chi connectivity index (χ4v) is 5.30. The van der Waals surface area contributed by atoms with Crippen LogP contribution in [0.25, 0.3) is 6.08 Å². The summed E-state index contributed by atoms with van der Waals surface area (Å²) in [6, 6.07) is 10.8. The largest absolute Gasteiger partial charge is 0.497 e. The number of rotatable bonds is 5. The van der Waals surface area contributed by atoms with E-state index in [-0.39, 0.29) is 11.7 Å². The molecule has 31 heavy (non-hydrogen) atoms. The van der Waals surface area contributed by atoms with Crippen molar-refractivity contribution in [1.82, 2.24) is 4.57 Å². The summed E-state index contributed by atoms with van der Waals surface area (Å²) >= 11 is 2.81. The maximum Gasteiger partial charge on any atom is 0.338 e. The van der Waals surface area contributed by atoms with Crippen LogP contribution in [-0.2, 0) is 9.53 Å². The van der Waals surface area contributed by atoms with Crippen LogP contribution < -0.4 is 19.6 Å². The highest BCUT2D eigenvalue weighted by molar-refractivity contribution is 7.10. The van der Waals surface area contributed by atoms with Gasteiger partial charge in [-0.25, -0.2) is 9.79 Å². The average Bonchev–Trinajstić information content (AvgIpc) is 3.36. The van der Waals surface area contributed by atoms with Crippen molar-refractivity contribution < 1.29 is 14.3 Å². The summed E-state index contributed by atoms with van der Waals surface area (Å²) in [5.74, 6) is 0.305. The zero-order valence-electron chi connectivity index (χ0n) is 17.6. The number of fused-ring (bicyclic) bond motifs is 1. The van der Waals surface area contributed by atoms with Gasteiger partial charge in [0.15, 0.2) is 4.80 Å². The second-order valence-corrected chi connectivity index (χ2v) is 9.31. The molecule has 2 aromatic heterocycles. The minimum atomic E-state index is -0.555. The second-order valence-electron chi connectivity index (χ2n) is 7.32. The second kappa shape index (κ2) is 8.64. The Morgan fingerprint density at radius 2 is 1.97 bits per heavy atom. The maximum atomic E-state index is 13.4. The van der Waals surface area contributed by atoms with Crippen LogP contribution in [0.4, 0.5) is 0 Å². The van der Waals surface area contributed by atoms with Crippen molar-refractivity contribution >= 4 is 34.7 Å². The molecule has 0 bridgehead atoms. The molecule has 3 aromatic rings. The number of ether oxygens (including phenoxy) is 2. The quantitative estimate of drug-likeness (QED) is 0.555. The highest BCUT2D eigenvalue weighted by atomic mass is 32.1. The molecule has 1 aromatic carbocycles. The number of esters is 1. The maximum absolute atomic E-state index is 13.4. The number of nitrogens with zero attached hydrogens (tertiary/aromatic N) is 2. The van der Waals surface area contributed by atoms with Gasteiger partial charge in [-0.1, -0.05) is 29.5 Å². The zero-order chi connectivity index (χ0) is 22.1. The number of carbonyl (C=O) groups is 1. The summed E-state index contributed by atoms with van der Waals surface area (Å²) in [6.07, 6.45) is 1.57. The van der Waals surface area contributed by atoms with E-state index in [1.54, 1.807) is 32.4 Å². The molecular weight excluding hydrogens is 432 g/mol. The molecule has 0 saturated heterocycles.